The molecule has 23 nitrogen and oxygen atoms in total. The number of carbonyl (C=O) groups excluding carboxylic acids is 2. The lowest BCUT2D eigenvalue weighted by Crippen LogP contribution is -2.47. The summed E-state index contributed by atoms with van der Waals surface area (Å²) in [6, 6.07) is 0.108. The molecule has 0 aliphatic carbocycles. The molecule has 0 aromatic carbocycles. The fourth-order valence-corrected chi connectivity index (χ4v) is 9.90. The van der Waals surface area contributed by atoms with E-state index in [9.17, 15) is 9.59 Å². The molecule has 12 rings (SSSR count). The second-order valence-electron chi connectivity index (χ2n) is 22.3. The number of nitrogens with one attached hydrogen (secondary N) is 1. The Morgan fingerprint density at radius 1 is 0.556 bits per heavy atom. The van der Waals surface area contributed by atoms with E-state index in [-0.39, 0.29) is 18.2 Å². The summed E-state index contributed by atoms with van der Waals surface area (Å²) in [5.74, 6) is 0.996. The molecule has 9 aromatic heterocycles. The Kier molecular flexibility index (Phi) is 18.8. The van der Waals surface area contributed by atoms with Crippen molar-refractivity contribution in [3.8, 4) is 33.8 Å². The molecule has 24 heteroatoms. The quantitative estimate of drug-likeness (QED) is 0.152. The molecular weight excluding hydrogens is 1050 g/mol. The Hall–Kier alpha value is -8.15. The van der Waals surface area contributed by atoms with Gasteiger partial charge in [-0.3, -0.25) is 29.9 Å². The van der Waals surface area contributed by atoms with Gasteiger partial charge in [0.15, 0.2) is 0 Å². The number of piperidine rings is 3. The van der Waals surface area contributed by atoms with Crippen LogP contribution in [0.3, 0.4) is 0 Å². The second kappa shape index (κ2) is 26.4. The first-order valence-corrected chi connectivity index (χ1v) is 27.7. The monoisotopic (exact) mass is 1120 g/mol. The van der Waals surface area contributed by atoms with Crippen molar-refractivity contribution in [2.24, 2.45) is 17.6 Å². The first-order valence-electron chi connectivity index (χ1n) is 27.4. The summed E-state index contributed by atoms with van der Waals surface area (Å²) in [6.45, 7) is 16.3. The van der Waals surface area contributed by atoms with Crippen LogP contribution in [-0.4, -0.2) is 152 Å². The van der Waals surface area contributed by atoms with Crippen LogP contribution in [0.1, 0.15) is 91.5 Å². The number of likely N-dealkylation sites (tertiary alicyclic amines) is 2. The van der Waals surface area contributed by atoms with Crippen LogP contribution in [0.25, 0.3) is 50.3 Å². The number of amides is 2. The Balaban J connectivity index is 0.000000136. The molecule has 0 bridgehead atoms. The van der Waals surface area contributed by atoms with Gasteiger partial charge in [-0.05, 0) is 118 Å². The van der Waals surface area contributed by atoms with Crippen molar-refractivity contribution >= 4 is 40.3 Å². The van der Waals surface area contributed by atoms with E-state index in [0.717, 1.165) is 121 Å². The van der Waals surface area contributed by atoms with Gasteiger partial charge >= 0.3 is 12.2 Å². The van der Waals surface area contributed by atoms with E-state index in [1.807, 2.05) is 81.9 Å². The fourth-order valence-electron chi connectivity index (χ4n) is 9.75. The number of hydrogen-bond acceptors (Lipinski definition) is 18. The molecule has 2 amide bonds. The van der Waals surface area contributed by atoms with Gasteiger partial charge in [-0.2, -0.15) is 15.3 Å². The Labute approximate surface area is 475 Å². The van der Waals surface area contributed by atoms with Crippen molar-refractivity contribution in [3.63, 3.8) is 0 Å². The van der Waals surface area contributed by atoms with E-state index in [1.165, 1.54) is 19.0 Å². The third-order valence-corrected chi connectivity index (χ3v) is 13.6. The minimum atomic E-state index is -0.479. The van der Waals surface area contributed by atoms with Crippen LogP contribution in [0, 0.1) is 11.8 Å². The van der Waals surface area contributed by atoms with E-state index in [1.54, 1.807) is 88.3 Å². The highest BCUT2D eigenvalue weighted by Crippen LogP contribution is 2.27. The number of nitrogens with zero attached hydrogens (tertiary/aromatic N) is 17. The summed E-state index contributed by atoms with van der Waals surface area (Å²) in [7, 11) is 0. The number of carbonyl (C=O) groups is 2. The topological polar surface area (TPSA) is 265 Å². The van der Waals surface area contributed by atoms with Crippen LogP contribution in [0.2, 0.25) is 5.15 Å². The van der Waals surface area contributed by atoms with Gasteiger partial charge in [0.25, 0.3) is 0 Å². The summed E-state index contributed by atoms with van der Waals surface area (Å²) in [5, 5.41) is 16.7. The Bertz CT molecular complexity index is 3510. The highest BCUT2D eigenvalue weighted by atomic mass is 35.5. The molecule has 0 radical (unpaired) electrons. The smallest absolute Gasteiger partial charge is 0.410 e. The average Bonchev–Trinajstić information content (AvgIpc) is 4.24. The van der Waals surface area contributed by atoms with Gasteiger partial charge in [0.1, 0.15) is 16.4 Å². The maximum atomic E-state index is 12.4. The van der Waals surface area contributed by atoms with Gasteiger partial charge in [-0.25, -0.2) is 38.1 Å². The van der Waals surface area contributed by atoms with Crippen LogP contribution in [0.15, 0.2) is 112 Å². The van der Waals surface area contributed by atoms with Crippen molar-refractivity contribution in [1.82, 2.24) is 88.8 Å². The maximum Gasteiger partial charge on any atom is 0.410 e. The van der Waals surface area contributed by atoms with Crippen LogP contribution in [-0.2, 0) is 22.3 Å². The Morgan fingerprint density at radius 2 is 1.00 bits per heavy atom. The highest BCUT2D eigenvalue weighted by molar-refractivity contribution is 6.29. The molecule has 3 N–H and O–H groups in total. The number of fused-ring (bicyclic) bond motifs is 3. The highest BCUT2D eigenvalue weighted by Gasteiger charge is 2.29. The number of halogens is 1. The van der Waals surface area contributed by atoms with E-state index < -0.39 is 11.2 Å². The second-order valence-corrected chi connectivity index (χ2v) is 22.7. The number of aromatic nitrogens is 15. The third-order valence-electron chi connectivity index (χ3n) is 13.5. The molecule has 0 unspecified atom stereocenters. The first-order chi connectivity index (χ1) is 39.0. The third kappa shape index (κ3) is 16.0. The summed E-state index contributed by atoms with van der Waals surface area (Å²) < 4.78 is 16.1. The molecule has 3 fully saturated rings. The summed E-state index contributed by atoms with van der Waals surface area (Å²) in [6.07, 6.45) is 39.3. The maximum absolute atomic E-state index is 12.4. The molecule has 9 aromatic rings. The van der Waals surface area contributed by atoms with Crippen molar-refractivity contribution in [3.05, 3.63) is 128 Å². The van der Waals surface area contributed by atoms with E-state index in [0.29, 0.717) is 35.8 Å². The van der Waals surface area contributed by atoms with Gasteiger partial charge in [0.2, 0.25) is 0 Å². The van der Waals surface area contributed by atoms with Gasteiger partial charge in [0.05, 0.1) is 107 Å². The molecule has 0 saturated carbocycles. The zero-order valence-electron chi connectivity index (χ0n) is 46.7. The zero-order valence-corrected chi connectivity index (χ0v) is 47.5. The lowest BCUT2D eigenvalue weighted by atomic mass is 9.93. The number of rotatable bonds is 7. The molecule has 3 atom stereocenters. The predicted molar refractivity (Wildman–Crippen MR) is 306 cm³/mol. The van der Waals surface area contributed by atoms with E-state index in [2.05, 4.69) is 55.5 Å². The van der Waals surface area contributed by atoms with Crippen LogP contribution >= 0.6 is 11.6 Å². The van der Waals surface area contributed by atoms with Gasteiger partial charge in [0, 0.05) is 98.5 Å². The molecule has 3 saturated heterocycles. The molecule has 81 heavy (non-hydrogen) atoms. The van der Waals surface area contributed by atoms with Gasteiger partial charge < -0.3 is 30.3 Å². The number of ether oxygens (including phenoxy) is 2. The number of nitrogens with two attached hydrogens (primary N) is 1. The van der Waals surface area contributed by atoms with Crippen molar-refractivity contribution in [1.29, 1.82) is 0 Å². The molecule has 3 aliphatic heterocycles. The van der Waals surface area contributed by atoms with Crippen molar-refractivity contribution in [2.45, 2.75) is 110 Å². The van der Waals surface area contributed by atoms with Gasteiger partial charge in [-0.15, -0.1) is 0 Å². The molecule has 424 valence electrons. The Morgan fingerprint density at radius 3 is 1.46 bits per heavy atom. The fraction of sp³-hybridized carbons (Fsp3) is 0.439. The lowest BCUT2D eigenvalue weighted by Gasteiger charge is -2.34. The zero-order chi connectivity index (χ0) is 56.9. The summed E-state index contributed by atoms with van der Waals surface area (Å²) >= 11 is 5.80. The van der Waals surface area contributed by atoms with Crippen molar-refractivity contribution < 1.29 is 19.1 Å². The summed E-state index contributed by atoms with van der Waals surface area (Å²) in [4.78, 5) is 66.5. The largest absolute Gasteiger partial charge is 0.444 e. The predicted octanol–water partition coefficient (Wildman–Crippen LogP) is 8.29. The minimum absolute atomic E-state index is 0.108. The minimum Gasteiger partial charge on any atom is -0.444 e. The lowest BCUT2D eigenvalue weighted by molar-refractivity contribution is 0.0163. The molecule has 0 spiro atoms. The van der Waals surface area contributed by atoms with E-state index >= 15 is 0 Å². The summed E-state index contributed by atoms with van der Waals surface area (Å²) in [5.41, 5.74) is 14.7. The number of hydrogen-bond donors (Lipinski definition) is 2. The van der Waals surface area contributed by atoms with Crippen LogP contribution < -0.4 is 11.1 Å². The molecule has 3 aliphatic rings. The molecule has 12 heterocycles. The van der Waals surface area contributed by atoms with Crippen LogP contribution in [0.5, 0.6) is 0 Å². The standard InChI is InChI=1S/C21H26N6O2.C16H18N6.C10H6ClN5.C10H20N2O2/c1-21(2,3)29-20(28)26-7-4-5-15(14-26)9-16-10-23-12-18(25-16)17-11-24-27-8-6-22-13-19(17)27;1-2-12(7-17-3-1)6-13-8-19-10-15(21-13)14-9-20-22-5-4-18-11-16(14)22;11-10-6-13-4-8(15-10)7-3-14-16-2-1-12-5-9(7)16;1-10(2,3)14-9(13)12-6-4-5-8(11)7-12/h6,8,10-13,15H,4-5,7,9,14H2,1-3H3;4-5,8-12,17H,1-3,6-7H2;1-6H;8H,4-7,11H2,1-3H3/t15-;12-;;8-/m00.1/s1. The van der Waals surface area contributed by atoms with E-state index in [4.69, 9.17) is 36.8 Å². The SMILES string of the molecule is CC(C)(C)OC(=O)N1CCC[C@@H](Cc2cncc(-c3cnn4ccncc34)n2)C1.CC(C)(C)OC(=O)N1CCC[C@@H](N)C1.Clc1cncc(-c2cnn3ccncc23)n1.c1cn2ncc(-c3cncc(C[C@@H]4CCCNC4)n3)c2cn1. The van der Waals surface area contributed by atoms with Gasteiger partial charge in [-0.1, -0.05) is 11.6 Å². The normalized spacial score (nSPS) is 17.5. The van der Waals surface area contributed by atoms with Crippen LogP contribution in [0.4, 0.5) is 9.59 Å². The first kappa shape index (κ1) is 57.5. The van der Waals surface area contributed by atoms with Crippen molar-refractivity contribution in [2.75, 3.05) is 39.3 Å². The average molecular weight is 1120 g/mol. The molecular formula is C57H70ClN19O4.